The number of Topliss-reactive ketones (excluding diaryl/α,β-unsaturated/α-hetero) is 1. The summed E-state index contributed by atoms with van der Waals surface area (Å²) < 4.78 is 13.0. The highest BCUT2D eigenvalue weighted by molar-refractivity contribution is 5.84. The van der Waals surface area contributed by atoms with Crippen molar-refractivity contribution in [3.05, 3.63) is 35.1 Å². The van der Waals surface area contributed by atoms with Gasteiger partial charge in [-0.3, -0.25) is 4.79 Å². The van der Waals surface area contributed by atoms with E-state index in [-0.39, 0.29) is 17.5 Å². The third-order valence-electron chi connectivity index (χ3n) is 3.60. The molecule has 3 heteroatoms. The molecule has 1 N–H and O–H groups in total. The second kappa shape index (κ2) is 4.96. The minimum absolute atomic E-state index is 0.111. The zero-order chi connectivity index (χ0) is 12.4. The van der Waals surface area contributed by atoms with Gasteiger partial charge in [-0.2, -0.15) is 0 Å². The number of hydrogen-bond donors (Lipinski definition) is 1. The molecule has 0 aliphatic carbocycles. The van der Waals surface area contributed by atoms with Crippen LogP contribution in [0.15, 0.2) is 18.2 Å². The van der Waals surface area contributed by atoms with Gasteiger partial charge in [0, 0.05) is 18.9 Å². The van der Waals surface area contributed by atoms with Crippen LogP contribution in [-0.2, 0) is 11.2 Å². The minimum Gasteiger partial charge on any atom is -0.316 e. The van der Waals surface area contributed by atoms with E-state index in [1.54, 1.807) is 6.07 Å². The third-order valence-corrected chi connectivity index (χ3v) is 3.60. The maximum atomic E-state index is 13.0. The van der Waals surface area contributed by atoms with Crippen LogP contribution in [0.3, 0.4) is 0 Å². The third kappa shape index (κ3) is 2.72. The number of aryl methyl sites for hydroxylation is 1. The van der Waals surface area contributed by atoms with E-state index in [4.69, 9.17) is 0 Å². The summed E-state index contributed by atoms with van der Waals surface area (Å²) in [4.78, 5) is 12.1. The van der Waals surface area contributed by atoms with Crippen LogP contribution in [0.2, 0.25) is 0 Å². The minimum atomic E-state index is -0.241. The van der Waals surface area contributed by atoms with Crippen LogP contribution in [0, 0.1) is 24.6 Å². The largest absolute Gasteiger partial charge is 0.316 e. The monoisotopic (exact) mass is 235 g/mol. The lowest BCUT2D eigenvalue weighted by molar-refractivity contribution is -0.122. The van der Waals surface area contributed by atoms with Gasteiger partial charge < -0.3 is 5.32 Å². The molecule has 0 amide bonds. The Morgan fingerprint density at radius 3 is 2.82 bits per heavy atom. The standard InChI is InChI=1S/C14H18FNO/c1-9-5-12(15)4-3-11(9)6-14(17)13-8-16-7-10(13)2/h3-5,10,13,16H,6-8H2,1-2H3. The Morgan fingerprint density at radius 1 is 1.47 bits per heavy atom. The van der Waals surface area contributed by atoms with Crippen molar-refractivity contribution in [3.63, 3.8) is 0 Å². The van der Waals surface area contributed by atoms with Crippen LogP contribution < -0.4 is 5.32 Å². The molecule has 1 fully saturated rings. The predicted octanol–water partition coefficient (Wildman–Crippen LogP) is 2.10. The molecule has 1 aromatic rings. The Kier molecular flexibility index (Phi) is 3.57. The highest BCUT2D eigenvalue weighted by Gasteiger charge is 2.29. The quantitative estimate of drug-likeness (QED) is 0.869. The summed E-state index contributed by atoms with van der Waals surface area (Å²) in [6.07, 6.45) is 0.419. The summed E-state index contributed by atoms with van der Waals surface area (Å²) in [7, 11) is 0. The topological polar surface area (TPSA) is 29.1 Å². The van der Waals surface area contributed by atoms with Crippen LogP contribution >= 0.6 is 0 Å². The van der Waals surface area contributed by atoms with Crippen LogP contribution in [-0.4, -0.2) is 18.9 Å². The second-order valence-corrected chi connectivity index (χ2v) is 4.96. The number of hydrogen-bond acceptors (Lipinski definition) is 2. The molecule has 0 aromatic heterocycles. The molecule has 2 atom stereocenters. The van der Waals surface area contributed by atoms with E-state index < -0.39 is 0 Å². The Hall–Kier alpha value is -1.22. The van der Waals surface area contributed by atoms with Crippen LogP contribution in [0.5, 0.6) is 0 Å². The van der Waals surface area contributed by atoms with E-state index in [9.17, 15) is 9.18 Å². The van der Waals surface area contributed by atoms with Crippen molar-refractivity contribution in [3.8, 4) is 0 Å². The van der Waals surface area contributed by atoms with Gasteiger partial charge in [0.1, 0.15) is 11.6 Å². The fourth-order valence-electron chi connectivity index (χ4n) is 2.42. The Bertz CT molecular complexity index is 430. The number of rotatable bonds is 3. The molecule has 0 bridgehead atoms. The molecule has 1 heterocycles. The van der Waals surface area contributed by atoms with Gasteiger partial charge in [0.15, 0.2) is 0 Å². The Morgan fingerprint density at radius 2 is 2.24 bits per heavy atom. The van der Waals surface area contributed by atoms with Crippen molar-refractivity contribution in [2.45, 2.75) is 20.3 Å². The molecular formula is C14H18FNO. The fourth-order valence-corrected chi connectivity index (χ4v) is 2.42. The van der Waals surface area contributed by atoms with Crippen molar-refractivity contribution < 1.29 is 9.18 Å². The maximum Gasteiger partial charge on any atom is 0.141 e. The fraction of sp³-hybridized carbons (Fsp3) is 0.500. The molecule has 1 aliphatic rings. The van der Waals surface area contributed by atoms with Crippen molar-refractivity contribution in [2.24, 2.45) is 11.8 Å². The highest BCUT2D eigenvalue weighted by Crippen LogP contribution is 2.20. The van der Waals surface area contributed by atoms with Gasteiger partial charge >= 0.3 is 0 Å². The molecule has 2 nitrogen and oxygen atoms in total. The van der Waals surface area contributed by atoms with Crippen LogP contribution in [0.1, 0.15) is 18.1 Å². The lowest BCUT2D eigenvalue weighted by Crippen LogP contribution is -2.23. The van der Waals surface area contributed by atoms with Gasteiger partial charge in [-0.25, -0.2) is 4.39 Å². The summed E-state index contributed by atoms with van der Waals surface area (Å²) in [6, 6.07) is 4.63. The molecule has 92 valence electrons. The molecular weight excluding hydrogens is 217 g/mol. The van der Waals surface area contributed by atoms with Gasteiger partial charge in [-0.1, -0.05) is 13.0 Å². The van der Waals surface area contributed by atoms with E-state index in [1.165, 1.54) is 12.1 Å². The number of ketones is 1. The van der Waals surface area contributed by atoms with Crippen molar-refractivity contribution >= 4 is 5.78 Å². The average Bonchev–Trinajstić information content (AvgIpc) is 2.68. The van der Waals surface area contributed by atoms with E-state index in [0.717, 1.165) is 24.2 Å². The van der Waals surface area contributed by atoms with E-state index in [2.05, 4.69) is 12.2 Å². The predicted molar refractivity (Wildman–Crippen MR) is 65.4 cm³/mol. The number of carbonyl (C=O) groups is 1. The highest BCUT2D eigenvalue weighted by atomic mass is 19.1. The molecule has 1 aromatic carbocycles. The van der Waals surface area contributed by atoms with Crippen molar-refractivity contribution in [1.29, 1.82) is 0 Å². The van der Waals surface area contributed by atoms with Crippen molar-refractivity contribution in [1.82, 2.24) is 5.32 Å². The number of halogens is 1. The van der Waals surface area contributed by atoms with Gasteiger partial charge in [-0.05, 0) is 42.6 Å². The zero-order valence-electron chi connectivity index (χ0n) is 10.3. The van der Waals surface area contributed by atoms with E-state index >= 15 is 0 Å². The Balaban J connectivity index is 2.07. The summed E-state index contributed by atoms with van der Waals surface area (Å²) in [6.45, 7) is 5.64. The zero-order valence-corrected chi connectivity index (χ0v) is 10.3. The molecule has 1 aliphatic heterocycles. The maximum absolute atomic E-state index is 13.0. The summed E-state index contributed by atoms with van der Waals surface area (Å²) >= 11 is 0. The van der Waals surface area contributed by atoms with E-state index in [1.807, 2.05) is 6.92 Å². The normalized spacial score (nSPS) is 23.9. The average molecular weight is 235 g/mol. The number of nitrogens with one attached hydrogen (secondary N) is 1. The summed E-state index contributed by atoms with van der Waals surface area (Å²) in [5.41, 5.74) is 1.80. The van der Waals surface area contributed by atoms with Gasteiger partial charge in [0.05, 0.1) is 0 Å². The number of benzene rings is 1. The molecule has 2 unspecified atom stereocenters. The lowest BCUT2D eigenvalue weighted by Gasteiger charge is -2.13. The first-order chi connectivity index (χ1) is 8.08. The first kappa shape index (κ1) is 12.2. The second-order valence-electron chi connectivity index (χ2n) is 4.96. The summed E-state index contributed by atoms with van der Waals surface area (Å²) in [5, 5.41) is 3.23. The number of carbonyl (C=O) groups excluding carboxylic acids is 1. The van der Waals surface area contributed by atoms with Crippen LogP contribution in [0.4, 0.5) is 4.39 Å². The van der Waals surface area contributed by atoms with Gasteiger partial charge in [-0.15, -0.1) is 0 Å². The van der Waals surface area contributed by atoms with Gasteiger partial charge in [0.25, 0.3) is 0 Å². The molecule has 0 saturated carbocycles. The molecule has 2 rings (SSSR count). The van der Waals surface area contributed by atoms with Gasteiger partial charge in [0.2, 0.25) is 0 Å². The first-order valence-electron chi connectivity index (χ1n) is 6.06. The molecule has 17 heavy (non-hydrogen) atoms. The Labute approximate surface area is 101 Å². The molecule has 0 spiro atoms. The molecule has 0 radical (unpaired) electrons. The smallest absolute Gasteiger partial charge is 0.141 e. The summed E-state index contributed by atoms with van der Waals surface area (Å²) in [5.74, 6) is 0.537. The SMILES string of the molecule is Cc1cc(F)ccc1CC(=O)C1CNCC1C. The molecule has 1 saturated heterocycles. The lowest BCUT2D eigenvalue weighted by atomic mass is 9.89. The van der Waals surface area contributed by atoms with Crippen LogP contribution in [0.25, 0.3) is 0 Å². The van der Waals surface area contributed by atoms with Crippen molar-refractivity contribution in [2.75, 3.05) is 13.1 Å². The first-order valence-corrected chi connectivity index (χ1v) is 6.06. The van der Waals surface area contributed by atoms with E-state index in [0.29, 0.717) is 12.3 Å².